The molecule has 1 atom stereocenters. The number of aromatic nitrogens is 2. The number of fused-ring (bicyclic) bond motifs is 1. The molecule has 1 aliphatic heterocycles. The second kappa shape index (κ2) is 16.1. The number of allylic oxidation sites excluding steroid dienone is 2. The van der Waals surface area contributed by atoms with E-state index < -0.39 is 23.8 Å². The van der Waals surface area contributed by atoms with Crippen molar-refractivity contribution in [3.8, 4) is 23.2 Å². The summed E-state index contributed by atoms with van der Waals surface area (Å²) in [5.74, 6) is -0.105. The Hall–Kier alpha value is -5.50. The summed E-state index contributed by atoms with van der Waals surface area (Å²) >= 11 is 0. The molecule has 0 bridgehead atoms. The minimum Gasteiger partial charge on any atom is -0.458 e. The third-order valence-electron chi connectivity index (χ3n) is 7.68. The SMILES string of the molecule is CCN(CC)c1ccc2c(c1)O/C(=C(/C#N)c1ccnc(-c3cc(C)ccn3)c1)C=C2C(C)OC(=O)CCC(=O)CNC(=O)OC(C)(C)C. The van der Waals surface area contributed by atoms with Crippen molar-refractivity contribution >= 4 is 34.7 Å². The van der Waals surface area contributed by atoms with Gasteiger partial charge < -0.3 is 24.4 Å². The molecule has 11 heteroatoms. The van der Waals surface area contributed by atoms with Crippen molar-refractivity contribution in [2.45, 2.75) is 73.0 Å². The van der Waals surface area contributed by atoms with Crippen LogP contribution in [0, 0.1) is 18.3 Å². The number of nitrogens with zero attached hydrogens (tertiary/aromatic N) is 4. The highest BCUT2D eigenvalue weighted by molar-refractivity contribution is 5.89. The van der Waals surface area contributed by atoms with E-state index in [1.54, 1.807) is 58.3 Å². The summed E-state index contributed by atoms with van der Waals surface area (Å²) in [6.45, 7) is 14.3. The van der Waals surface area contributed by atoms with Gasteiger partial charge in [0.15, 0.2) is 5.78 Å². The first-order chi connectivity index (χ1) is 23.3. The lowest BCUT2D eigenvalue weighted by molar-refractivity contribution is -0.146. The van der Waals surface area contributed by atoms with Crippen molar-refractivity contribution < 1.29 is 28.6 Å². The van der Waals surface area contributed by atoms with E-state index in [9.17, 15) is 19.6 Å². The van der Waals surface area contributed by atoms with Gasteiger partial charge in [-0.05, 0) is 102 Å². The normalized spacial score (nSPS) is 13.9. The number of Topliss-reactive ketones (excluding diaryl/α,β-unsaturated/α-hetero) is 1. The van der Waals surface area contributed by atoms with Gasteiger partial charge in [-0.15, -0.1) is 0 Å². The fourth-order valence-corrected chi connectivity index (χ4v) is 5.24. The predicted octanol–water partition coefficient (Wildman–Crippen LogP) is 6.81. The Morgan fingerprint density at radius 1 is 1.00 bits per heavy atom. The number of pyridine rings is 2. The summed E-state index contributed by atoms with van der Waals surface area (Å²) in [5, 5.41) is 12.8. The highest BCUT2D eigenvalue weighted by Crippen LogP contribution is 2.40. The maximum absolute atomic E-state index is 12.9. The Labute approximate surface area is 287 Å². The standard InChI is InChI=1S/C38H43N5O6/c1-8-43(9-2)27-10-12-29-30(25(4)47-36(45)13-11-28(44)23-42-37(46)49-38(5,6)7)21-35(48-34(29)20-27)31(22-39)26-15-17-41-33(19-26)32-18-24(3)14-16-40-32/h10,12,14-21,25H,8-9,11,13,23H2,1-7H3,(H,42,46)/b35-31-. The van der Waals surface area contributed by atoms with Crippen molar-refractivity contribution in [3.05, 3.63) is 83.4 Å². The molecule has 4 rings (SSSR count). The maximum atomic E-state index is 12.9. The molecule has 3 heterocycles. The lowest BCUT2D eigenvalue weighted by Gasteiger charge is -2.28. The van der Waals surface area contributed by atoms with E-state index in [0.29, 0.717) is 39.6 Å². The zero-order valence-corrected chi connectivity index (χ0v) is 29.1. The second-order valence-electron chi connectivity index (χ2n) is 12.6. The Bertz CT molecular complexity index is 1810. The molecule has 49 heavy (non-hydrogen) atoms. The molecule has 0 radical (unpaired) electrons. The highest BCUT2D eigenvalue weighted by Gasteiger charge is 2.27. The number of ether oxygens (including phenoxy) is 3. The van der Waals surface area contributed by atoms with Gasteiger partial charge in [0.2, 0.25) is 0 Å². The summed E-state index contributed by atoms with van der Waals surface area (Å²) in [7, 11) is 0. The number of ketones is 1. The molecule has 1 N–H and O–H groups in total. The topological polar surface area (TPSA) is 144 Å². The lowest BCUT2D eigenvalue weighted by Crippen LogP contribution is -2.35. The van der Waals surface area contributed by atoms with E-state index >= 15 is 0 Å². The molecule has 0 fully saturated rings. The number of hydrogen-bond acceptors (Lipinski definition) is 10. The molecule has 0 spiro atoms. The van der Waals surface area contributed by atoms with Crippen molar-refractivity contribution in [1.29, 1.82) is 5.26 Å². The van der Waals surface area contributed by atoms with Crippen LogP contribution in [0.2, 0.25) is 0 Å². The number of benzene rings is 1. The van der Waals surface area contributed by atoms with Gasteiger partial charge in [-0.25, -0.2) is 4.79 Å². The van der Waals surface area contributed by atoms with Crippen LogP contribution in [0.5, 0.6) is 5.75 Å². The van der Waals surface area contributed by atoms with Crippen LogP contribution in [0.1, 0.15) is 71.1 Å². The van der Waals surface area contributed by atoms with Gasteiger partial charge in [0.05, 0.1) is 24.4 Å². The summed E-state index contributed by atoms with van der Waals surface area (Å²) < 4.78 is 17.4. The van der Waals surface area contributed by atoms with Crippen LogP contribution in [0.15, 0.2) is 66.7 Å². The molecular formula is C38H43N5O6. The number of aryl methyl sites for hydroxylation is 1. The van der Waals surface area contributed by atoms with Crippen molar-refractivity contribution in [1.82, 2.24) is 15.3 Å². The smallest absolute Gasteiger partial charge is 0.408 e. The average Bonchev–Trinajstić information content (AvgIpc) is 3.06. The number of rotatable bonds is 12. The number of anilines is 1. The number of amides is 1. The first kappa shape index (κ1) is 36.3. The molecule has 0 saturated heterocycles. The third kappa shape index (κ3) is 9.76. The maximum Gasteiger partial charge on any atom is 0.408 e. The molecule has 0 aliphatic carbocycles. The molecule has 2 aromatic heterocycles. The van der Waals surface area contributed by atoms with Gasteiger partial charge in [0, 0.05) is 54.8 Å². The van der Waals surface area contributed by atoms with Crippen LogP contribution in [0.25, 0.3) is 22.5 Å². The van der Waals surface area contributed by atoms with E-state index in [0.717, 1.165) is 24.3 Å². The molecular weight excluding hydrogens is 622 g/mol. The molecule has 0 saturated carbocycles. The molecule has 11 nitrogen and oxygen atoms in total. The molecule has 1 aliphatic rings. The van der Waals surface area contributed by atoms with E-state index in [-0.39, 0.29) is 30.7 Å². The fraction of sp³-hybridized carbons (Fsp3) is 0.368. The Morgan fingerprint density at radius 3 is 2.35 bits per heavy atom. The highest BCUT2D eigenvalue weighted by atomic mass is 16.6. The number of nitrogens with one attached hydrogen (secondary N) is 1. The Balaban J connectivity index is 1.61. The van der Waals surface area contributed by atoms with Crippen LogP contribution >= 0.6 is 0 Å². The first-order valence-corrected chi connectivity index (χ1v) is 16.3. The Kier molecular flexibility index (Phi) is 11.9. The number of alkyl carbamates (subject to hydrolysis) is 1. The van der Waals surface area contributed by atoms with Crippen molar-refractivity contribution in [3.63, 3.8) is 0 Å². The molecule has 1 aromatic carbocycles. The Morgan fingerprint density at radius 2 is 1.69 bits per heavy atom. The van der Waals surface area contributed by atoms with Crippen LogP contribution in [0.4, 0.5) is 10.5 Å². The van der Waals surface area contributed by atoms with Crippen LogP contribution in [0.3, 0.4) is 0 Å². The van der Waals surface area contributed by atoms with Gasteiger partial charge in [0.25, 0.3) is 0 Å². The number of carbonyl (C=O) groups excluding carboxylic acids is 3. The van der Waals surface area contributed by atoms with E-state index in [4.69, 9.17) is 14.2 Å². The van der Waals surface area contributed by atoms with Crippen LogP contribution in [-0.2, 0) is 19.1 Å². The molecule has 1 unspecified atom stereocenters. The number of nitriles is 1. The van der Waals surface area contributed by atoms with Crippen LogP contribution < -0.4 is 15.0 Å². The van der Waals surface area contributed by atoms with Gasteiger partial charge in [0.1, 0.15) is 34.9 Å². The van der Waals surface area contributed by atoms with Gasteiger partial charge in [-0.2, -0.15) is 5.26 Å². The number of carbonyl (C=O) groups is 3. The summed E-state index contributed by atoms with van der Waals surface area (Å²) in [5.41, 5.74) is 4.79. The van der Waals surface area contributed by atoms with E-state index in [1.165, 1.54) is 0 Å². The van der Waals surface area contributed by atoms with E-state index in [1.807, 2.05) is 37.3 Å². The van der Waals surface area contributed by atoms with Gasteiger partial charge in [-0.1, -0.05) is 0 Å². The second-order valence-corrected chi connectivity index (χ2v) is 12.6. The van der Waals surface area contributed by atoms with Crippen molar-refractivity contribution in [2.75, 3.05) is 24.5 Å². The quantitative estimate of drug-likeness (QED) is 0.162. The van der Waals surface area contributed by atoms with Crippen molar-refractivity contribution in [2.24, 2.45) is 0 Å². The minimum atomic E-state index is -0.746. The molecule has 1 amide bonds. The lowest BCUT2D eigenvalue weighted by atomic mass is 9.94. The molecule has 3 aromatic rings. The van der Waals surface area contributed by atoms with Gasteiger partial charge in [-0.3, -0.25) is 19.6 Å². The zero-order valence-electron chi connectivity index (χ0n) is 29.1. The predicted molar refractivity (Wildman–Crippen MR) is 187 cm³/mol. The first-order valence-electron chi connectivity index (χ1n) is 16.3. The molecule has 256 valence electrons. The minimum absolute atomic E-state index is 0.114. The largest absolute Gasteiger partial charge is 0.458 e. The number of esters is 1. The fourth-order valence-electron chi connectivity index (χ4n) is 5.24. The third-order valence-corrected chi connectivity index (χ3v) is 7.68. The van der Waals surface area contributed by atoms with E-state index in [2.05, 4.69) is 40.1 Å². The van der Waals surface area contributed by atoms with Gasteiger partial charge >= 0.3 is 12.1 Å². The number of hydrogen-bond donors (Lipinski definition) is 1. The summed E-state index contributed by atoms with van der Waals surface area (Å²) in [6.07, 6.45) is 3.32. The summed E-state index contributed by atoms with van der Waals surface area (Å²) in [6, 6.07) is 15.5. The zero-order chi connectivity index (χ0) is 35.7. The van der Waals surface area contributed by atoms with Crippen LogP contribution in [-0.4, -0.2) is 59.2 Å². The average molecular weight is 666 g/mol. The monoisotopic (exact) mass is 665 g/mol. The summed E-state index contributed by atoms with van der Waals surface area (Å²) in [4.78, 5) is 48.2.